The van der Waals surface area contributed by atoms with Crippen LogP contribution >= 0.6 is 0 Å². The fraction of sp³-hybridized carbons (Fsp3) is 0.128. The van der Waals surface area contributed by atoms with Gasteiger partial charge in [0.25, 0.3) is 0 Å². The molecule has 0 bridgehead atoms. The van der Waals surface area contributed by atoms with Gasteiger partial charge >= 0.3 is 0 Å². The Labute approximate surface area is 252 Å². The second-order valence-electron chi connectivity index (χ2n) is 11.9. The van der Waals surface area contributed by atoms with Crippen LogP contribution in [0.1, 0.15) is 52.8 Å². The highest BCUT2D eigenvalue weighted by Crippen LogP contribution is 2.55. The zero-order chi connectivity index (χ0) is 28.3. The minimum absolute atomic E-state index is 0.0318. The van der Waals surface area contributed by atoms with E-state index in [1.54, 1.807) is 0 Å². The van der Waals surface area contributed by atoms with Crippen molar-refractivity contribution in [2.24, 2.45) is 0 Å². The van der Waals surface area contributed by atoms with Gasteiger partial charge < -0.3 is 20.9 Å². The molecule has 43 heavy (non-hydrogen) atoms. The first kappa shape index (κ1) is 24.4. The summed E-state index contributed by atoms with van der Waals surface area (Å²) in [6.07, 6.45) is 16.8. The number of hydrogen-bond donors (Lipinski definition) is 3. The summed E-state index contributed by atoms with van der Waals surface area (Å²) in [5, 5.41) is 11.3. The number of benzene rings is 4. The van der Waals surface area contributed by atoms with Gasteiger partial charge in [0, 0.05) is 17.2 Å². The summed E-state index contributed by atoms with van der Waals surface area (Å²) >= 11 is 0. The zero-order valence-electron chi connectivity index (χ0n) is 23.7. The second-order valence-corrected chi connectivity index (χ2v) is 11.9. The van der Waals surface area contributed by atoms with Crippen LogP contribution in [-0.2, 0) is 0 Å². The molecular weight excluding hydrogens is 524 g/mol. The molecule has 5 aliphatic rings. The molecule has 4 heteroatoms. The average Bonchev–Trinajstić information content (AvgIpc) is 3.42. The predicted molar refractivity (Wildman–Crippen MR) is 175 cm³/mol. The third-order valence-corrected chi connectivity index (χ3v) is 9.46. The van der Waals surface area contributed by atoms with Gasteiger partial charge in [-0.15, -0.1) is 0 Å². The van der Waals surface area contributed by atoms with Gasteiger partial charge in [-0.1, -0.05) is 115 Å². The van der Waals surface area contributed by atoms with E-state index in [2.05, 4.69) is 160 Å². The Bertz CT molecular complexity index is 1890. The molecule has 1 aliphatic carbocycles. The van der Waals surface area contributed by atoms with Crippen molar-refractivity contribution in [3.05, 3.63) is 179 Å². The molecule has 4 heterocycles. The highest BCUT2D eigenvalue weighted by atomic mass is 15.3. The van der Waals surface area contributed by atoms with Crippen molar-refractivity contribution in [2.75, 3.05) is 10.2 Å². The van der Waals surface area contributed by atoms with Gasteiger partial charge in [-0.05, 0) is 58.5 Å². The minimum atomic E-state index is 0.0318. The van der Waals surface area contributed by atoms with Crippen LogP contribution in [0.5, 0.6) is 0 Å². The molecule has 208 valence electrons. The molecule has 4 aromatic carbocycles. The largest absolute Gasteiger partial charge is 0.373 e. The molecule has 4 atom stereocenters. The van der Waals surface area contributed by atoms with Crippen LogP contribution < -0.4 is 20.9 Å². The van der Waals surface area contributed by atoms with E-state index in [0.29, 0.717) is 5.92 Å². The molecule has 4 nitrogen and oxygen atoms in total. The van der Waals surface area contributed by atoms with Crippen LogP contribution in [0.25, 0.3) is 11.1 Å². The van der Waals surface area contributed by atoms with Crippen LogP contribution in [0, 0.1) is 0 Å². The van der Waals surface area contributed by atoms with Gasteiger partial charge in [-0.2, -0.15) is 0 Å². The highest BCUT2D eigenvalue weighted by molar-refractivity contribution is 5.95. The second kappa shape index (κ2) is 9.67. The number of dihydropyridines is 2. The van der Waals surface area contributed by atoms with Gasteiger partial charge in [0.1, 0.15) is 6.17 Å². The summed E-state index contributed by atoms with van der Waals surface area (Å²) in [7, 11) is 0. The van der Waals surface area contributed by atoms with E-state index in [4.69, 9.17) is 0 Å². The first-order chi connectivity index (χ1) is 21.3. The Morgan fingerprint density at radius 2 is 1.28 bits per heavy atom. The summed E-state index contributed by atoms with van der Waals surface area (Å²) < 4.78 is 0. The van der Waals surface area contributed by atoms with Crippen LogP contribution in [0.2, 0.25) is 0 Å². The highest BCUT2D eigenvalue weighted by Gasteiger charge is 2.40. The quantitative estimate of drug-likeness (QED) is 0.236. The standard InChI is InChI=1S/C39H32N4/c1-2-9-25(10-3-1)32-21-23-35-34(40-32)24-22-33(41-35)26-17-19-27(20-18-26)39-42-36-15-8-14-31-29-12-5-4-11-28(29)30-13-6-7-16-37(30)43(39)38(31)36/h1-12,14-24,30,32-33,39-42H,13H2. The topological polar surface area (TPSA) is 39.3 Å². The molecule has 9 rings (SSSR count). The Morgan fingerprint density at radius 1 is 0.605 bits per heavy atom. The summed E-state index contributed by atoms with van der Waals surface area (Å²) in [4.78, 5) is 2.56. The minimum Gasteiger partial charge on any atom is -0.373 e. The van der Waals surface area contributed by atoms with Crippen LogP contribution in [0.3, 0.4) is 0 Å². The molecule has 0 amide bonds. The van der Waals surface area contributed by atoms with Crippen molar-refractivity contribution >= 4 is 11.4 Å². The van der Waals surface area contributed by atoms with E-state index < -0.39 is 0 Å². The van der Waals surface area contributed by atoms with Crippen molar-refractivity contribution in [1.29, 1.82) is 0 Å². The molecular formula is C39H32N4. The predicted octanol–water partition coefficient (Wildman–Crippen LogP) is 8.54. The van der Waals surface area contributed by atoms with Crippen molar-refractivity contribution in [1.82, 2.24) is 10.6 Å². The fourth-order valence-electron chi connectivity index (χ4n) is 7.37. The lowest BCUT2D eigenvalue weighted by Gasteiger charge is -2.34. The average molecular weight is 557 g/mol. The number of anilines is 2. The molecule has 0 radical (unpaired) electrons. The van der Waals surface area contributed by atoms with E-state index >= 15 is 0 Å². The van der Waals surface area contributed by atoms with Gasteiger partial charge in [0.15, 0.2) is 0 Å². The maximum Gasteiger partial charge on any atom is 0.130 e. The van der Waals surface area contributed by atoms with Crippen LogP contribution in [0.15, 0.2) is 157 Å². The molecule has 4 aliphatic heterocycles. The lowest BCUT2D eigenvalue weighted by Crippen LogP contribution is -2.31. The Morgan fingerprint density at radius 3 is 2.07 bits per heavy atom. The number of nitrogens with zero attached hydrogens (tertiary/aromatic N) is 1. The first-order valence-electron chi connectivity index (χ1n) is 15.3. The monoisotopic (exact) mass is 556 g/mol. The van der Waals surface area contributed by atoms with E-state index in [9.17, 15) is 0 Å². The van der Waals surface area contributed by atoms with E-state index in [1.165, 1.54) is 50.5 Å². The fourth-order valence-corrected chi connectivity index (χ4v) is 7.37. The number of nitrogens with one attached hydrogen (secondary N) is 3. The molecule has 0 spiro atoms. The summed E-state index contributed by atoms with van der Waals surface area (Å²) in [6, 6.07) is 35.7. The Hall–Kier alpha value is -5.22. The molecule has 0 fully saturated rings. The van der Waals surface area contributed by atoms with Crippen molar-refractivity contribution in [2.45, 2.75) is 30.6 Å². The zero-order valence-corrected chi connectivity index (χ0v) is 23.7. The summed E-state index contributed by atoms with van der Waals surface area (Å²) in [5.41, 5.74) is 14.0. The molecule has 4 unspecified atom stereocenters. The maximum atomic E-state index is 3.88. The molecule has 3 N–H and O–H groups in total. The number of fused-ring (bicyclic) bond motifs is 5. The number of hydrogen-bond acceptors (Lipinski definition) is 4. The van der Waals surface area contributed by atoms with Gasteiger partial charge in [-0.3, -0.25) is 0 Å². The molecule has 0 saturated carbocycles. The molecule has 0 saturated heterocycles. The Balaban J connectivity index is 1.01. The normalized spacial score (nSPS) is 24.0. The summed E-state index contributed by atoms with van der Waals surface area (Å²) in [6.45, 7) is 0. The molecule has 4 aromatic rings. The third kappa shape index (κ3) is 3.90. The van der Waals surface area contributed by atoms with Crippen LogP contribution in [-0.4, -0.2) is 0 Å². The van der Waals surface area contributed by atoms with Gasteiger partial charge in [0.2, 0.25) is 0 Å². The lowest BCUT2D eigenvalue weighted by atomic mass is 9.85. The third-order valence-electron chi connectivity index (χ3n) is 9.46. The van der Waals surface area contributed by atoms with Crippen molar-refractivity contribution in [3.63, 3.8) is 0 Å². The van der Waals surface area contributed by atoms with E-state index in [-0.39, 0.29) is 18.2 Å². The summed E-state index contributed by atoms with van der Waals surface area (Å²) in [5.74, 6) is 0.334. The molecule has 0 aromatic heterocycles. The Kier molecular flexibility index (Phi) is 5.48. The van der Waals surface area contributed by atoms with Crippen molar-refractivity contribution < 1.29 is 0 Å². The number of rotatable bonds is 3. The number of para-hydroxylation sites is 1. The van der Waals surface area contributed by atoms with E-state index in [1.807, 2.05) is 0 Å². The van der Waals surface area contributed by atoms with E-state index in [0.717, 1.165) is 17.8 Å². The smallest absolute Gasteiger partial charge is 0.130 e. The van der Waals surface area contributed by atoms with Gasteiger partial charge in [-0.25, -0.2) is 0 Å². The maximum absolute atomic E-state index is 3.88. The lowest BCUT2D eigenvalue weighted by molar-refractivity contribution is 0.642. The van der Waals surface area contributed by atoms with Crippen LogP contribution in [0.4, 0.5) is 11.4 Å². The van der Waals surface area contributed by atoms with Crippen molar-refractivity contribution in [3.8, 4) is 11.1 Å². The first-order valence-corrected chi connectivity index (χ1v) is 15.3. The van der Waals surface area contributed by atoms with Gasteiger partial charge in [0.05, 0.1) is 34.9 Å². The number of allylic oxidation sites excluding steroid dienone is 6. The SMILES string of the molecule is C1=CCC2C(=C1)N1c3c(cccc3-c3ccccc32)NC1c1ccc(C2C=CC3=C(C=CC(c4ccccc4)N3)N2)cc1.